The molecule has 0 bridgehead atoms. The zero-order chi connectivity index (χ0) is 8.70. The zero-order valence-electron chi connectivity index (χ0n) is 4.93. The van der Waals surface area contributed by atoms with Crippen LogP contribution in [0.4, 0.5) is 0 Å². The van der Waals surface area contributed by atoms with Crippen molar-refractivity contribution in [2.24, 2.45) is 0 Å². The Kier molecular flexibility index (Phi) is 2.14. The van der Waals surface area contributed by atoms with Gasteiger partial charge in [-0.25, -0.2) is 8.37 Å². The van der Waals surface area contributed by atoms with E-state index in [0.29, 0.717) is 0 Å². The van der Waals surface area contributed by atoms with E-state index in [0.717, 1.165) is 0 Å². The predicted molar refractivity (Wildman–Crippen MR) is 34.5 cm³/mol. The fourth-order valence-electron chi connectivity index (χ4n) is 0.405. The molecular weight excluding hydrogens is 220 g/mol. The number of halogens is 1. The van der Waals surface area contributed by atoms with Crippen LogP contribution in [-0.2, 0) is 28.6 Å². The fraction of sp³-hybridized carbons (Fsp3) is 1.00. The summed E-state index contributed by atoms with van der Waals surface area (Å²) in [6, 6.07) is 0. The number of alkyl halides is 1. The second-order valence-corrected chi connectivity index (χ2v) is 6.25. The number of hydrogen-bond donors (Lipinski definition) is 0. The topological polar surface area (TPSA) is 86.7 Å². The van der Waals surface area contributed by atoms with Crippen molar-refractivity contribution in [1.29, 1.82) is 0 Å². The van der Waals surface area contributed by atoms with E-state index in [4.69, 9.17) is 11.6 Å². The Morgan fingerprint density at radius 2 is 1.45 bits per heavy atom. The summed E-state index contributed by atoms with van der Waals surface area (Å²) in [6.45, 7) is -0.839. The van der Waals surface area contributed by atoms with E-state index < -0.39 is 31.1 Å². The van der Waals surface area contributed by atoms with E-state index >= 15 is 0 Å². The van der Waals surface area contributed by atoms with Gasteiger partial charge in [0.05, 0.1) is 0 Å². The van der Waals surface area contributed by atoms with Gasteiger partial charge in [0.1, 0.15) is 0 Å². The summed E-state index contributed by atoms with van der Waals surface area (Å²) in [5.41, 5.74) is 0. The standard InChI is InChI=1S/C2H3ClO6S2/c3-2-10(4,5)8-1-9-11(2,6)7/h2H,1H2. The molecule has 0 amide bonds. The van der Waals surface area contributed by atoms with Gasteiger partial charge in [0, 0.05) is 0 Å². The van der Waals surface area contributed by atoms with Gasteiger partial charge in [-0.15, -0.1) is 0 Å². The van der Waals surface area contributed by atoms with Crippen LogP contribution in [0.15, 0.2) is 0 Å². The van der Waals surface area contributed by atoms with Crippen LogP contribution in [0.3, 0.4) is 0 Å². The third-order valence-corrected chi connectivity index (χ3v) is 5.36. The predicted octanol–water partition coefficient (Wildman–Crippen LogP) is -0.827. The van der Waals surface area contributed by atoms with Crippen LogP contribution >= 0.6 is 11.6 Å². The minimum atomic E-state index is -4.22. The van der Waals surface area contributed by atoms with Gasteiger partial charge >= 0.3 is 20.2 Å². The fourth-order valence-corrected chi connectivity index (χ4v) is 2.84. The van der Waals surface area contributed by atoms with E-state index in [2.05, 4.69) is 8.37 Å². The molecule has 0 aliphatic carbocycles. The highest BCUT2D eigenvalue weighted by molar-refractivity contribution is 8.07. The van der Waals surface area contributed by atoms with Crippen LogP contribution in [0.1, 0.15) is 0 Å². The first-order chi connectivity index (χ1) is 4.86. The van der Waals surface area contributed by atoms with E-state index in [1.54, 1.807) is 0 Å². The molecule has 0 N–H and O–H groups in total. The molecule has 0 unspecified atom stereocenters. The lowest BCUT2D eigenvalue weighted by atomic mass is 11.6. The first-order valence-corrected chi connectivity index (χ1v) is 5.65. The highest BCUT2D eigenvalue weighted by Crippen LogP contribution is 2.22. The van der Waals surface area contributed by atoms with Crippen molar-refractivity contribution in [2.75, 3.05) is 6.79 Å². The second kappa shape index (κ2) is 2.56. The summed E-state index contributed by atoms with van der Waals surface area (Å²) < 4.78 is 48.1. The van der Waals surface area contributed by atoms with Crippen LogP contribution < -0.4 is 0 Å². The van der Waals surface area contributed by atoms with Crippen molar-refractivity contribution in [2.45, 2.75) is 4.04 Å². The quantitative estimate of drug-likeness (QED) is 0.393. The second-order valence-electron chi connectivity index (χ2n) is 1.61. The Balaban J connectivity index is 3.15. The van der Waals surface area contributed by atoms with Crippen molar-refractivity contribution in [3.05, 3.63) is 0 Å². The lowest BCUT2D eigenvalue weighted by molar-refractivity contribution is 0.123. The molecule has 1 heterocycles. The Labute approximate surface area is 68.3 Å². The van der Waals surface area contributed by atoms with Crippen LogP contribution in [0.5, 0.6) is 0 Å². The molecule has 0 atom stereocenters. The Hall–Kier alpha value is 0.110. The molecular formula is C2H3ClO6S2. The Bertz CT molecular complexity index is 305. The number of hydrogen-bond acceptors (Lipinski definition) is 6. The summed E-state index contributed by atoms with van der Waals surface area (Å²) in [4.78, 5) is 0. The molecule has 1 rings (SSSR count). The Morgan fingerprint density at radius 1 is 1.09 bits per heavy atom. The van der Waals surface area contributed by atoms with E-state index in [1.807, 2.05) is 0 Å². The monoisotopic (exact) mass is 222 g/mol. The molecule has 0 aromatic carbocycles. The summed E-state index contributed by atoms with van der Waals surface area (Å²) in [6.07, 6.45) is 0. The summed E-state index contributed by atoms with van der Waals surface area (Å²) >= 11 is 4.97. The van der Waals surface area contributed by atoms with Crippen molar-refractivity contribution in [3.63, 3.8) is 0 Å². The van der Waals surface area contributed by atoms with Crippen LogP contribution in [0, 0.1) is 0 Å². The van der Waals surface area contributed by atoms with Crippen molar-refractivity contribution in [3.8, 4) is 0 Å². The minimum absolute atomic E-state index is 0.839. The van der Waals surface area contributed by atoms with Gasteiger partial charge in [-0.05, 0) is 0 Å². The zero-order valence-corrected chi connectivity index (χ0v) is 7.32. The molecule has 1 saturated heterocycles. The first kappa shape index (κ1) is 9.20. The molecule has 6 nitrogen and oxygen atoms in total. The lowest BCUT2D eigenvalue weighted by Gasteiger charge is -2.16. The van der Waals surface area contributed by atoms with E-state index in [1.165, 1.54) is 0 Å². The molecule has 0 aromatic heterocycles. The molecule has 11 heavy (non-hydrogen) atoms. The average molecular weight is 223 g/mol. The van der Waals surface area contributed by atoms with Crippen molar-refractivity contribution in [1.82, 2.24) is 0 Å². The smallest absolute Gasteiger partial charge is 0.238 e. The lowest BCUT2D eigenvalue weighted by Crippen LogP contribution is -2.34. The van der Waals surface area contributed by atoms with Gasteiger partial charge in [0.2, 0.25) is 0 Å². The molecule has 0 saturated carbocycles. The molecule has 1 aliphatic heterocycles. The van der Waals surface area contributed by atoms with Crippen LogP contribution in [0.2, 0.25) is 0 Å². The Morgan fingerprint density at radius 3 is 1.73 bits per heavy atom. The SMILES string of the molecule is O=S1(=O)OCOS(=O)(=O)C1Cl. The normalized spacial score (nSPS) is 29.9. The molecule has 1 fully saturated rings. The van der Waals surface area contributed by atoms with Gasteiger partial charge in [-0.1, -0.05) is 11.6 Å². The van der Waals surface area contributed by atoms with Gasteiger partial charge in [-0.3, -0.25) is 0 Å². The van der Waals surface area contributed by atoms with E-state index in [-0.39, 0.29) is 0 Å². The number of rotatable bonds is 0. The molecule has 0 aromatic rings. The summed E-state index contributed by atoms with van der Waals surface area (Å²) in [5, 5.41) is 0. The van der Waals surface area contributed by atoms with Crippen molar-refractivity contribution < 1.29 is 25.2 Å². The van der Waals surface area contributed by atoms with Crippen LogP contribution in [-0.4, -0.2) is 27.7 Å². The first-order valence-electron chi connectivity index (χ1n) is 2.27. The molecule has 0 radical (unpaired) electrons. The van der Waals surface area contributed by atoms with E-state index in [9.17, 15) is 16.8 Å². The molecule has 1 aliphatic rings. The van der Waals surface area contributed by atoms with Gasteiger partial charge < -0.3 is 0 Å². The molecule has 9 heteroatoms. The summed E-state index contributed by atoms with van der Waals surface area (Å²) in [7, 11) is -8.43. The minimum Gasteiger partial charge on any atom is -0.238 e. The average Bonchev–Trinajstić information content (AvgIpc) is 1.82. The van der Waals surface area contributed by atoms with Gasteiger partial charge in [0.25, 0.3) is 4.04 Å². The third kappa shape index (κ3) is 1.64. The maximum absolute atomic E-state index is 10.6. The highest BCUT2D eigenvalue weighted by Gasteiger charge is 2.42. The molecule has 0 spiro atoms. The van der Waals surface area contributed by atoms with Crippen molar-refractivity contribution >= 4 is 31.8 Å². The summed E-state index contributed by atoms with van der Waals surface area (Å²) in [5.74, 6) is 0. The van der Waals surface area contributed by atoms with Crippen LogP contribution in [0.25, 0.3) is 0 Å². The highest BCUT2D eigenvalue weighted by atomic mass is 35.5. The maximum Gasteiger partial charge on any atom is 0.304 e. The third-order valence-electron chi connectivity index (χ3n) is 0.879. The molecule has 66 valence electrons. The van der Waals surface area contributed by atoms with Gasteiger partial charge in [0.15, 0.2) is 6.79 Å². The maximum atomic E-state index is 10.6. The largest absolute Gasteiger partial charge is 0.304 e. The van der Waals surface area contributed by atoms with Gasteiger partial charge in [-0.2, -0.15) is 16.8 Å².